The molecule has 1 aromatic heterocycles. The number of nitrogens with zero attached hydrogens (tertiary/aromatic N) is 3. The van der Waals surface area contributed by atoms with E-state index in [2.05, 4.69) is 5.32 Å². The number of hydrogen-bond donors (Lipinski definition) is 1. The number of carbonyl (C=O) groups excluding carboxylic acids is 2. The molecular weight excluding hydrogens is 335 g/mol. The van der Waals surface area contributed by atoms with Crippen molar-refractivity contribution in [2.45, 2.75) is 26.3 Å². The number of rotatable bonds is 6. The summed E-state index contributed by atoms with van der Waals surface area (Å²) in [4.78, 5) is 28.9. The Morgan fingerprint density at radius 1 is 1.35 bits per heavy atom. The van der Waals surface area contributed by atoms with Crippen LogP contribution in [0.1, 0.15) is 30.3 Å². The highest BCUT2D eigenvalue weighted by Gasteiger charge is 2.31. The van der Waals surface area contributed by atoms with Crippen molar-refractivity contribution in [3.05, 3.63) is 29.7 Å². The molecule has 0 aliphatic carbocycles. The van der Waals surface area contributed by atoms with Crippen molar-refractivity contribution in [2.24, 2.45) is 0 Å². The molecule has 2 aromatic rings. The van der Waals surface area contributed by atoms with Gasteiger partial charge in [-0.3, -0.25) is 9.59 Å². The summed E-state index contributed by atoms with van der Waals surface area (Å²) in [5.41, 5.74) is 1.73. The number of carbonyl (C=O) groups is 2. The molecule has 0 atom stereocenters. The van der Waals surface area contributed by atoms with E-state index in [1.54, 1.807) is 11.0 Å². The van der Waals surface area contributed by atoms with Gasteiger partial charge >= 0.3 is 0 Å². The highest BCUT2D eigenvalue weighted by Crippen LogP contribution is 2.37. The molecule has 0 saturated carbocycles. The van der Waals surface area contributed by atoms with E-state index >= 15 is 0 Å². The lowest BCUT2D eigenvalue weighted by atomic mass is 10.2. The number of fused-ring (bicyclic) bond motifs is 1. The van der Waals surface area contributed by atoms with Crippen LogP contribution in [0.15, 0.2) is 18.2 Å². The number of halogens is 1. The van der Waals surface area contributed by atoms with Crippen molar-refractivity contribution in [1.82, 2.24) is 14.8 Å². The van der Waals surface area contributed by atoms with Crippen molar-refractivity contribution in [1.29, 1.82) is 0 Å². The molecular formula is C19H25FN4O2. The molecule has 7 heteroatoms. The third-order valence-corrected chi connectivity index (χ3v) is 4.72. The maximum Gasteiger partial charge on any atom is 0.270 e. The minimum absolute atomic E-state index is 0.0215. The van der Waals surface area contributed by atoms with Crippen molar-refractivity contribution < 1.29 is 14.0 Å². The highest BCUT2D eigenvalue weighted by atomic mass is 19.1. The normalized spacial score (nSPS) is 14.7. The number of aryl methyl sites for hydroxylation is 1. The predicted octanol–water partition coefficient (Wildman–Crippen LogP) is 2.22. The molecule has 1 fully saturated rings. The van der Waals surface area contributed by atoms with Crippen molar-refractivity contribution >= 4 is 28.4 Å². The van der Waals surface area contributed by atoms with Gasteiger partial charge < -0.3 is 19.7 Å². The lowest BCUT2D eigenvalue weighted by molar-refractivity contribution is -0.117. The number of hydrogen-bond acceptors (Lipinski definition) is 3. The van der Waals surface area contributed by atoms with Gasteiger partial charge in [-0.05, 0) is 45.6 Å². The first-order chi connectivity index (χ1) is 12.4. The van der Waals surface area contributed by atoms with E-state index in [-0.39, 0.29) is 17.6 Å². The summed E-state index contributed by atoms with van der Waals surface area (Å²) < 4.78 is 15.8. The second-order valence-corrected chi connectivity index (χ2v) is 6.81. The molecule has 1 saturated heterocycles. The molecule has 140 valence electrons. The Morgan fingerprint density at radius 2 is 2.12 bits per heavy atom. The van der Waals surface area contributed by atoms with Gasteiger partial charge in [-0.25, -0.2) is 4.39 Å². The smallest absolute Gasteiger partial charge is 0.270 e. The fourth-order valence-corrected chi connectivity index (χ4v) is 3.50. The summed E-state index contributed by atoms with van der Waals surface area (Å²) in [6.45, 7) is 4.26. The number of amides is 2. The van der Waals surface area contributed by atoms with Crippen LogP contribution in [0.2, 0.25) is 0 Å². The molecule has 26 heavy (non-hydrogen) atoms. The summed E-state index contributed by atoms with van der Waals surface area (Å²) in [7, 11) is 3.87. The lowest BCUT2D eigenvalue weighted by Gasteiger charge is -2.18. The second-order valence-electron chi connectivity index (χ2n) is 6.81. The molecule has 1 aromatic carbocycles. The van der Waals surface area contributed by atoms with Gasteiger partial charge in [-0.2, -0.15) is 0 Å². The van der Waals surface area contributed by atoms with E-state index in [4.69, 9.17) is 0 Å². The average molecular weight is 360 g/mol. The topological polar surface area (TPSA) is 57.6 Å². The van der Waals surface area contributed by atoms with Gasteiger partial charge in [0, 0.05) is 38.0 Å². The monoisotopic (exact) mass is 360 g/mol. The molecule has 0 spiro atoms. The van der Waals surface area contributed by atoms with E-state index in [0.717, 1.165) is 11.9 Å². The number of aromatic nitrogens is 1. The van der Waals surface area contributed by atoms with Crippen molar-refractivity contribution in [3.8, 4) is 0 Å². The van der Waals surface area contributed by atoms with E-state index in [9.17, 15) is 14.0 Å². The molecule has 3 rings (SSSR count). The summed E-state index contributed by atoms with van der Waals surface area (Å²) in [5.74, 6) is -0.634. The number of likely N-dealkylation sites (N-methyl/N-ethyl adjacent to an activating group) is 1. The van der Waals surface area contributed by atoms with Crippen LogP contribution in [0.3, 0.4) is 0 Å². The summed E-state index contributed by atoms with van der Waals surface area (Å²) >= 11 is 0. The van der Waals surface area contributed by atoms with Gasteiger partial charge in [0.25, 0.3) is 5.91 Å². The Balaban J connectivity index is 2.12. The van der Waals surface area contributed by atoms with Crippen LogP contribution in [0, 0.1) is 5.82 Å². The Labute approximate surface area is 152 Å². The first-order valence-electron chi connectivity index (χ1n) is 8.99. The number of anilines is 1. The van der Waals surface area contributed by atoms with Crippen LogP contribution in [-0.4, -0.2) is 55.0 Å². The molecule has 2 amide bonds. The Hall–Kier alpha value is -2.41. The third-order valence-electron chi connectivity index (χ3n) is 4.72. The summed E-state index contributed by atoms with van der Waals surface area (Å²) in [6.07, 6.45) is 1.20. The fourth-order valence-electron chi connectivity index (χ4n) is 3.50. The minimum atomic E-state index is -0.377. The summed E-state index contributed by atoms with van der Waals surface area (Å²) in [5, 5.41) is 3.54. The van der Waals surface area contributed by atoms with Crippen LogP contribution < -0.4 is 10.2 Å². The zero-order valence-electron chi connectivity index (χ0n) is 15.5. The molecule has 0 bridgehead atoms. The molecule has 1 aliphatic heterocycles. The first-order valence-corrected chi connectivity index (χ1v) is 8.99. The minimum Gasteiger partial charge on any atom is -0.349 e. The van der Waals surface area contributed by atoms with Crippen LogP contribution >= 0.6 is 0 Å². The van der Waals surface area contributed by atoms with E-state index in [0.29, 0.717) is 49.4 Å². The van der Waals surface area contributed by atoms with Gasteiger partial charge in [0.1, 0.15) is 11.5 Å². The van der Waals surface area contributed by atoms with Crippen LogP contribution in [-0.2, 0) is 11.3 Å². The maximum atomic E-state index is 13.9. The average Bonchev–Trinajstić information content (AvgIpc) is 3.14. The zero-order chi connectivity index (χ0) is 18.8. The SMILES string of the molecule is CCn1c(C(=O)NCCN(C)C)c(N2CCCC2=O)c2cc(F)ccc21. The standard InChI is InChI=1S/C19H25FN4O2/c1-4-23-15-8-7-13(20)12-14(15)17(24-10-5-6-16(24)25)18(23)19(26)21-9-11-22(2)3/h7-8,12H,4-6,9-11H2,1-3H3,(H,21,26). The van der Waals surface area contributed by atoms with Gasteiger partial charge in [0.2, 0.25) is 5.91 Å². The Kier molecular flexibility index (Phi) is 5.27. The maximum absolute atomic E-state index is 13.9. The van der Waals surface area contributed by atoms with Gasteiger partial charge in [0.15, 0.2) is 0 Å². The number of benzene rings is 1. The molecule has 1 N–H and O–H groups in total. The molecule has 6 nitrogen and oxygen atoms in total. The van der Waals surface area contributed by atoms with Crippen LogP contribution in [0.4, 0.5) is 10.1 Å². The molecule has 1 aliphatic rings. The number of nitrogens with one attached hydrogen (secondary N) is 1. The van der Waals surface area contributed by atoms with Gasteiger partial charge in [0.05, 0.1) is 11.2 Å². The zero-order valence-corrected chi connectivity index (χ0v) is 15.5. The third kappa shape index (κ3) is 3.31. The van der Waals surface area contributed by atoms with Gasteiger partial charge in [-0.1, -0.05) is 0 Å². The van der Waals surface area contributed by atoms with E-state index < -0.39 is 0 Å². The molecule has 2 heterocycles. The van der Waals surface area contributed by atoms with Gasteiger partial charge in [-0.15, -0.1) is 0 Å². The van der Waals surface area contributed by atoms with Crippen molar-refractivity contribution in [2.75, 3.05) is 38.6 Å². The van der Waals surface area contributed by atoms with E-state index in [1.165, 1.54) is 12.1 Å². The van der Waals surface area contributed by atoms with Crippen LogP contribution in [0.25, 0.3) is 10.9 Å². The summed E-state index contributed by atoms with van der Waals surface area (Å²) in [6, 6.07) is 4.48. The second kappa shape index (κ2) is 7.45. The van der Waals surface area contributed by atoms with E-state index in [1.807, 2.05) is 30.5 Å². The quantitative estimate of drug-likeness (QED) is 0.859. The Bertz CT molecular complexity index is 844. The molecule has 0 unspecified atom stereocenters. The van der Waals surface area contributed by atoms with Crippen molar-refractivity contribution in [3.63, 3.8) is 0 Å². The predicted molar refractivity (Wildman–Crippen MR) is 100 cm³/mol. The Morgan fingerprint density at radius 3 is 2.73 bits per heavy atom. The fraction of sp³-hybridized carbons (Fsp3) is 0.474. The van der Waals surface area contributed by atoms with Crippen LogP contribution in [0.5, 0.6) is 0 Å². The molecule has 0 radical (unpaired) electrons. The highest BCUT2D eigenvalue weighted by molar-refractivity contribution is 6.14. The lowest BCUT2D eigenvalue weighted by Crippen LogP contribution is -2.34. The first kappa shape index (κ1) is 18.4. The largest absolute Gasteiger partial charge is 0.349 e.